The Balaban J connectivity index is 2.39. The van der Waals surface area contributed by atoms with E-state index < -0.39 is 15.9 Å². The van der Waals surface area contributed by atoms with Crippen LogP contribution in [0.3, 0.4) is 0 Å². The molecule has 0 aromatic heterocycles. The van der Waals surface area contributed by atoms with E-state index in [-0.39, 0.29) is 10.5 Å². The van der Waals surface area contributed by atoms with Crippen molar-refractivity contribution in [2.45, 2.75) is 18.2 Å². The number of carbonyl (C=O) groups excluding carboxylic acids is 1. The largest absolute Gasteiger partial charge is 0.497 e. The minimum absolute atomic E-state index is 0.00888. The summed E-state index contributed by atoms with van der Waals surface area (Å²) in [6.07, 6.45) is 0.504. The van der Waals surface area contributed by atoms with Crippen molar-refractivity contribution in [1.29, 1.82) is 0 Å². The zero-order valence-electron chi connectivity index (χ0n) is 14.2. The van der Waals surface area contributed by atoms with Gasteiger partial charge in [0.1, 0.15) is 11.5 Å². The van der Waals surface area contributed by atoms with Crippen LogP contribution in [0.15, 0.2) is 41.3 Å². The van der Waals surface area contributed by atoms with Gasteiger partial charge in [0.25, 0.3) is 5.91 Å². The van der Waals surface area contributed by atoms with Gasteiger partial charge in [-0.05, 0) is 42.3 Å². The van der Waals surface area contributed by atoms with Crippen molar-refractivity contribution in [3.8, 4) is 11.5 Å². The predicted octanol–water partition coefficient (Wildman–Crippen LogP) is 2.17. The third-order valence-corrected chi connectivity index (χ3v) is 4.66. The minimum Gasteiger partial charge on any atom is -0.497 e. The molecule has 3 N–H and O–H groups in total. The molecule has 7 nitrogen and oxygen atoms in total. The summed E-state index contributed by atoms with van der Waals surface area (Å²) in [5.74, 6) is 0.410. The van der Waals surface area contributed by atoms with E-state index in [9.17, 15) is 13.2 Å². The van der Waals surface area contributed by atoms with E-state index in [1.807, 2.05) is 6.92 Å². The lowest BCUT2D eigenvalue weighted by atomic mass is 10.1. The average Bonchev–Trinajstić information content (AvgIpc) is 2.60. The molecule has 2 aromatic rings. The lowest BCUT2D eigenvalue weighted by molar-refractivity contribution is 0.102. The second kappa shape index (κ2) is 7.54. The fourth-order valence-corrected chi connectivity index (χ4v) is 3.25. The molecule has 2 rings (SSSR count). The van der Waals surface area contributed by atoms with Crippen molar-refractivity contribution in [3.63, 3.8) is 0 Å². The van der Waals surface area contributed by atoms with E-state index in [0.29, 0.717) is 29.2 Å². The molecule has 134 valence electrons. The number of nitrogens with one attached hydrogen (secondary N) is 1. The number of amides is 1. The quantitative estimate of drug-likeness (QED) is 0.817. The van der Waals surface area contributed by atoms with Crippen LogP contribution >= 0.6 is 0 Å². The number of aryl methyl sites for hydroxylation is 1. The molecule has 0 saturated carbocycles. The number of benzene rings is 2. The maximum atomic E-state index is 12.6. The highest BCUT2D eigenvalue weighted by Crippen LogP contribution is 2.26. The molecule has 0 spiro atoms. The molecule has 0 fully saturated rings. The Labute approximate surface area is 146 Å². The smallest absolute Gasteiger partial charge is 0.259 e. The number of ether oxygens (including phenoxy) is 2. The second-order valence-electron chi connectivity index (χ2n) is 5.24. The Bertz CT molecular complexity index is 894. The molecule has 0 aliphatic heterocycles. The zero-order valence-corrected chi connectivity index (χ0v) is 15.0. The number of rotatable bonds is 6. The van der Waals surface area contributed by atoms with Gasteiger partial charge in [-0.2, -0.15) is 0 Å². The fourth-order valence-electron chi connectivity index (χ4n) is 2.38. The van der Waals surface area contributed by atoms with Crippen LogP contribution in [0, 0.1) is 0 Å². The third kappa shape index (κ3) is 4.28. The summed E-state index contributed by atoms with van der Waals surface area (Å²) in [7, 11) is -0.944. The summed E-state index contributed by atoms with van der Waals surface area (Å²) >= 11 is 0. The number of hydrogen-bond donors (Lipinski definition) is 2. The first-order chi connectivity index (χ1) is 11.8. The van der Waals surface area contributed by atoms with Gasteiger partial charge in [0.2, 0.25) is 10.0 Å². The summed E-state index contributed by atoms with van der Waals surface area (Å²) < 4.78 is 33.8. The van der Waals surface area contributed by atoms with Crippen LogP contribution in [0.1, 0.15) is 22.8 Å². The van der Waals surface area contributed by atoms with E-state index in [1.54, 1.807) is 24.3 Å². The highest BCUT2D eigenvalue weighted by atomic mass is 32.2. The molecule has 0 bridgehead atoms. The van der Waals surface area contributed by atoms with Crippen molar-refractivity contribution in [3.05, 3.63) is 47.5 Å². The van der Waals surface area contributed by atoms with Crippen molar-refractivity contribution < 1.29 is 22.7 Å². The molecule has 25 heavy (non-hydrogen) atoms. The van der Waals surface area contributed by atoms with E-state index in [0.717, 1.165) is 0 Å². The van der Waals surface area contributed by atoms with Gasteiger partial charge in [-0.1, -0.05) is 13.0 Å². The van der Waals surface area contributed by atoms with Gasteiger partial charge < -0.3 is 14.8 Å². The van der Waals surface area contributed by atoms with Gasteiger partial charge in [-0.15, -0.1) is 0 Å². The molecule has 0 unspecified atom stereocenters. The van der Waals surface area contributed by atoms with Gasteiger partial charge in [0.15, 0.2) is 0 Å². The molecule has 0 atom stereocenters. The van der Waals surface area contributed by atoms with Crippen LogP contribution in [0.5, 0.6) is 11.5 Å². The molecular formula is C17H20N2O5S. The molecule has 0 saturated heterocycles. The van der Waals surface area contributed by atoms with E-state index in [4.69, 9.17) is 14.6 Å². The molecular weight excluding hydrogens is 344 g/mol. The predicted molar refractivity (Wildman–Crippen MR) is 94.7 cm³/mol. The number of hydrogen-bond acceptors (Lipinski definition) is 5. The van der Waals surface area contributed by atoms with Crippen molar-refractivity contribution in [2.24, 2.45) is 5.14 Å². The van der Waals surface area contributed by atoms with Crippen LogP contribution in [0.2, 0.25) is 0 Å². The average molecular weight is 364 g/mol. The van der Waals surface area contributed by atoms with Gasteiger partial charge in [-0.3, -0.25) is 4.79 Å². The normalized spacial score (nSPS) is 11.0. The molecule has 0 radical (unpaired) electrons. The zero-order chi connectivity index (χ0) is 18.6. The van der Waals surface area contributed by atoms with Crippen LogP contribution in [0.4, 0.5) is 5.69 Å². The third-order valence-electron chi connectivity index (χ3n) is 3.66. The van der Waals surface area contributed by atoms with Gasteiger partial charge in [0.05, 0.1) is 24.7 Å². The maximum absolute atomic E-state index is 12.6. The molecule has 0 aliphatic rings. The first-order valence-corrected chi connectivity index (χ1v) is 9.04. The highest BCUT2D eigenvalue weighted by molar-refractivity contribution is 7.89. The lowest BCUT2D eigenvalue weighted by Crippen LogP contribution is -2.17. The lowest BCUT2D eigenvalue weighted by Gasteiger charge is -2.12. The molecule has 8 heteroatoms. The van der Waals surface area contributed by atoms with Gasteiger partial charge in [-0.25, -0.2) is 13.6 Å². The standard InChI is InChI=1S/C17H20N2O5S/c1-4-11-5-6-12(9-16(11)25(18,21)22)19-17(20)14-10-13(23-2)7-8-15(14)24-3/h5-10H,4H2,1-3H3,(H,19,20)(H2,18,21,22). The SMILES string of the molecule is CCc1ccc(NC(=O)c2cc(OC)ccc2OC)cc1S(N)(=O)=O. The van der Waals surface area contributed by atoms with Crippen molar-refractivity contribution >= 4 is 21.6 Å². The van der Waals surface area contributed by atoms with Gasteiger partial charge >= 0.3 is 0 Å². The van der Waals surface area contributed by atoms with Crippen molar-refractivity contribution in [2.75, 3.05) is 19.5 Å². The van der Waals surface area contributed by atoms with Gasteiger partial charge in [0, 0.05) is 5.69 Å². The maximum Gasteiger partial charge on any atom is 0.259 e. The number of nitrogens with two attached hydrogens (primary N) is 1. The summed E-state index contributed by atoms with van der Waals surface area (Å²) in [6.45, 7) is 1.82. The summed E-state index contributed by atoms with van der Waals surface area (Å²) in [4.78, 5) is 12.5. The van der Waals surface area contributed by atoms with Crippen molar-refractivity contribution in [1.82, 2.24) is 0 Å². The fraction of sp³-hybridized carbons (Fsp3) is 0.235. The topological polar surface area (TPSA) is 108 Å². The van der Waals surface area contributed by atoms with Crippen LogP contribution in [0.25, 0.3) is 0 Å². The molecule has 0 aliphatic carbocycles. The summed E-state index contributed by atoms with van der Waals surface area (Å²) in [5.41, 5.74) is 1.16. The Hall–Kier alpha value is -2.58. The van der Waals surface area contributed by atoms with Crippen LogP contribution in [-0.4, -0.2) is 28.5 Å². The molecule has 2 aromatic carbocycles. The first-order valence-electron chi connectivity index (χ1n) is 7.49. The van der Waals surface area contributed by atoms with E-state index >= 15 is 0 Å². The highest BCUT2D eigenvalue weighted by Gasteiger charge is 2.17. The summed E-state index contributed by atoms with van der Waals surface area (Å²) in [6, 6.07) is 9.42. The first kappa shape index (κ1) is 18.8. The number of anilines is 1. The van der Waals surface area contributed by atoms with Crippen LogP contribution < -0.4 is 19.9 Å². The number of primary sulfonamides is 1. The Morgan fingerprint density at radius 1 is 1.12 bits per heavy atom. The van der Waals surface area contributed by atoms with E-state index in [1.165, 1.54) is 26.4 Å². The minimum atomic E-state index is -3.89. The van der Waals surface area contributed by atoms with E-state index in [2.05, 4.69) is 5.32 Å². The number of carbonyl (C=O) groups is 1. The Morgan fingerprint density at radius 2 is 1.84 bits per heavy atom. The monoisotopic (exact) mass is 364 g/mol. The summed E-state index contributed by atoms with van der Waals surface area (Å²) in [5, 5.41) is 7.90. The van der Waals surface area contributed by atoms with Crippen LogP contribution in [-0.2, 0) is 16.4 Å². The molecule has 1 amide bonds. The molecule has 0 heterocycles. The second-order valence-corrected chi connectivity index (χ2v) is 6.77. The Morgan fingerprint density at radius 3 is 2.40 bits per heavy atom. The number of sulfonamides is 1. The Kier molecular flexibility index (Phi) is 5.66. The number of methoxy groups -OCH3 is 2.